The summed E-state index contributed by atoms with van der Waals surface area (Å²) in [5.74, 6) is -1.28. The minimum absolute atomic E-state index is 0.0239. The van der Waals surface area contributed by atoms with Crippen LogP contribution in [0.25, 0.3) is 11.3 Å². The fraction of sp³-hybridized carbons (Fsp3) is 0.312. The van der Waals surface area contributed by atoms with Crippen molar-refractivity contribution in [3.8, 4) is 11.3 Å². The lowest BCUT2D eigenvalue weighted by atomic mass is 10.1. The van der Waals surface area contributed by atoms with Gasteiger partial charge in [0, 0.05) is 11.8 Å². The highest BCUT2D eigenvalue weighted by atomic mass is 32.2. The van der Waals surface area contributed by atoms with Crippen LogP contribution >= 0.6 is 0 Å². The van der Waals surface area contributed by atoms with Gasteiger partial charge in [-0.25, -0.2) is 22.6 Å². The van der Waals surface area contributed by atoms with E-state index in [4.69, 9.17) is 4.74 Å². The fourth-order valence-electron chi connectivity index (χ4n) is 2.63. The Morgan fingerprint density at radius 2 is 2.00 bits per heavy atom. The minimum Gasteiger partial charge on any atom is -0.445 e. The van der Waals surface area contributed by atoms with Crippen LogP contribution in [0.5, 0.6) is 0 Å². The maximum atomic E-state index is 13.4. The number of carbonyl (C=O) groups is 1. The average Bonchev–Trinajstić information content (AvgIpc) is 2.92. The second kappa shape index (κ2) is 7.34. The average molecular weight is 419 g/mol. The summed E-state index contributed by atoms with van der Waals surface area (Å²) >= 11 is 0. The first kappa shape index (κ1) is 20.0. The van der Waals surface area contributed by atoms with Crippen molar-refractivity contribution >= 4 is 21.6 Å². The first-order chi connectivity index (χ1) is 13.0. The maximum Gasteiger partial charge on any atom is 0.435 e. The van der Waals surface area contributed by atoms with Crippen LogP contribution in [0.4, 0.5) is 28.0 Å². The first-order valence-electron chi connectivity index (χ1n) is 7.91. The molecule has 0 aliphatic carbocycles. The molecule has 1 saturated heterocycles. The van der Waals surface area contributed by atoms with Crippen LogP contribution in [-0.4, -0.2) is 42.1 Å². The smallest absolute Gasteiger partial charge is 0.435 e. The topological polar surface area (TPSA) is 98.2 Å². The molecule has 1 fully saturated rings. The third kappa shape index (κ3) is 4.74. The zero-order valence-electron chi connectivity index (χ0n) is 14.0. The minimum atomic E-state index is -4.92. The molecule has 0 radical (unpaired) electrons. The lowest BCUT2D eigenvalue weighted by Crippen LogP contribution is -2.25. The van der Waals surface area contributed by atoms with E-state index in [1.165, 1.54) is 0 Å². The molecule has 2 aromatic heterocycles. The highest BCUT2D eigenvalue weighted by Crippen LogP contribution is 2.35. The number of aromatic nitrogens is 2. The largest absolute Gasteiger partial charge is 0.445 e. The van der Waals surface area contributed by atoms with E-state index in [2.05, 4.69) is 9.97 Å². The number of hydrogen-bond acceptors (Lipinski definition) is 6. The molecule has 1 N–H and O–H groups in total. The Hall–Kier alpha value is -2.76. The zero-order valence-corrected chi connectivity index (χ0v) is 14.8. The third-order valence-corrected chi connectivity index (χ3v) is 5.60. The molecule has 1 aliphatic heterocycles. The number of halogens is 4. The number of ether oxygens (including phenoxy) is 1. The molecular formula is C16H13F4N3O4S. The molecule has 1 atom stereocenters. The van der Waals surface area contributed by atoms with E-state index in [0.29, 0.717) is 0 Å². The Balaban J connectivity index is 1.83. The first-order valence-corrected chi connectivity index (χ1v) is 9.73. The molecule has 12 heteroatoms. The lowest BCUT2D eigenvalue weighted by Gasteiger charge is -2.16. The summed E-state index contributed by atoms with van der Waals surface area (Å²) in [5, 5.41) is 1.93. The molecule has 0 bridgehead atoms. The molecule has 2 aromatic rings. The summed E-state index contributed by atoms with van der Waals surface area (Å²) in [7, 11) is -3.32. The van der Waals surface area contributed by atoms with Crippen molar-refractivity contribution in [3.05, 3.63) is 42.1 Å². The molecule has 0 aromatic carbocycles. The van der Waals surface area contributed by atoms with Crippen molar-refractivity contribution in [2.75, 3.05) is 16.8 Å². The van der Waals surface area contributed by atoms with E-state index in [1.807, 2.05) is 5.32 Å². The molecule has 7 nitrogen and oxygen atoms in total. The number of carbonyl (C=O) groups excluding carboxylic acids is 1. The molecule has 1 aliphatic rings. The molecule has 150 valence electrons. The van der Waals surface area contributed by atoms with E-state index < -0.39 is 45.4 Å². The van der Waals surface area contributed by atoms with Crippen LogP contribution in [0.15, 0.2) is 30.6 Å². The summed E-state index contributed by atoms with van der Waals surface area (Å²) in [6, 6.07) is 3.07. The van der Waals surface area contributed by atoms with E-state index >= 15 is 0 Å². The second-order valence-corrected chi connectivity index (χ2v) is 8.27. The monoisotopic (exact) mass is 419 g/mol. The van der Waals surface area contributed by atoms with E-state index in [-0.39, 0.29) is 29.2 Å². The van der Waals surface area contributed by atoms with Crippen molar-refractivity contribution in [1.82, 2.24) is 9.97 Å². The molecule has 1 amide bonds. The molecule has 1 unspecified atom stereocenters. The Morgan fingerprint density at radius 3 is 2.61 bits per heavy atom. The normalized spacial score (nSPS) is 18.6. The lowest BCUT2D eigenvalue weighted by molar-refractivity contribution is -0.140. The highest BCUT2D eigenvalue weighted by Gasteiger charge is 2.37. The van der Waals surface area contributed by atoms with Gasteiger partial charge in [0.2, 0.25) is 0 Å². The van der Waals surface area contributed by atoms with Gasteiger partial charge >= 0.3 is 12.3 Å². The summed E-state index contributed by atoms with van der Waals surface area (Å²) < 4.78 is 80.9. The Morgan fingerprint density at radius 1 is 1.25 bits per heavy atom. The van der Waals surface area contributed by atoms with Gasteiger partial charge in [-0.15, -0.1) is 0 Å². The van der Waals surface area contributed by atoms with Gasteiger partial charge in [0.25, 0.3) is 0 Å². The molecule has 0 spiro atoms. The molecule has 0 saturated carbocycles. The summed E-state index contributed by atoms with van der Waals surface area (Å²) in [6.07, 6.45) is -4.96. The Bertz CT molecular complexity index is 1010. The molecular weight excluding hydrogens is 406 g/mol. The maximum absolute atomic E-state index is 13.4. The SMILES string of the molecule is O=C(Nc1ccc(-c2cncc(F)c2)nc1C(F)(F)F)OC1CCS(=O)(=O)C1. The predicted molar refractivity (Wildman–Crippen MR) is 89.6 cm³/mol. The van der Waals surface area contributed by atoms with Crippen LogP contribution in [0.1, 0.15) is 12.1 Å². The second-order valence-electron chi connectivity index (χ2n) is 6.04. The van der Waals surface area contributed by atoms with Crippen molar-refractivity contribution in [1.29, 1.82) is 0 Å². The van der Waals surface area contributed by atoms with Gasteiger partial charge in [0.05, 0.1) is 29.1 Å². The van der Waals surface area contributed by atoms with Crippen molar-refractivity contribution in [2.24, 2.45) is 0 Å². The van der Waals surface area contributed by atoms with Crippen LogP contribution in [0.2, 0.25) is 0 Å². The number of nitrogens with one attached hydrogen (secondary N) is 1. The van der Waals surface area contributed by atoms with Crippen molar-refractivity contribution in [3.63, 3.8) is 0 Å². The van der Waals surface area contributed by atoms with Gasteiger partial charge in [0.1, 0.15) is 11.9 Å². The van der Waals surface area contributed by atoms with Gasteiger partial charge in [-0.2, -0.15) is 13.2 Å². The van der Waals surface area contributed by atoms with Gasteiger partial charge in [-0.1, -0.05) is 0 Å². The third-order valence-electron chi connectivity index (χ3n) is 3.87. The number of amides is 1. The summed E-state index contributed by atoms with van der Waals surface area (Å²) in [4.78, 5) is 18.9. The van der Waals surface area contributed by atoms with Crippen LogP contribution < -0.4 is 5.32 Å². The Kier molecular flexibility index (Phi) is 5.24. The van der Waals surface area contributed by atoms with E-state index in [0.717, 1.165) is 30.6 Å². The summed E-state index contributed by atoms with van der Waals surface area (Å²) in [6.45, 7) is 0. The number of rotatable bonds is 3. The standard InChI is InChI=1S/C16H13F4N3O4S/c17-10-5-9(6-21-7-10)12-1-2-13(14(22-12)16(18,19)20)23-15(24)27-11-3-4-28(25,26)8-11/h1-2,5-7,11H,3-4,8H2,(H,23,24). The van der Waals surface area contributed by atoms with Crippen LogP contribution in [0, 0.1) is 5.82 Å². The Labute approximate surface area is 156 Å². The number of nitrogens with zero attached hydrogens (tertiary/aromatic N) is 2. The van der Waals surface area contributed by atoms with Gasteiger partial charge in [0.15, 0.2) is 15.5 Å². The fourth-order valence-corrected chi connectivity index (χ4v) is 4.22. The van der Waals surface area contributed by atoms with E-state index in [1.54, 1.807) is 0 Å². The van der Waals surface area contributed by atoms with Crippen molar-refractivity contribution < 1.29 is 35.5 Å². The van der Waals surface area contributed by atoms with Gasteiger partial charge in [-0.05, 0) is 24.6 Å². The highest BCUT2D eigenvalue weighted by molar-refractivity contribution is 7.91. The number of pyridine rings is 2. The number of alkyl halides is 3. The molecule has 3 heterocycles. The van der Waals surface area contributed by atoms with Crippen LogP contribution in [0.3, 0.4) is 0 Å². The van der Waals surface area contributed by atoms with E-state index in [9.17, 15) is 30.8 Å². The predicted octanol–water partition coefficient (Wildman–Crippen LogP) is 3.04. The van der Waals surface area contributed by atoms with Crippen LogP contribution in [-0.2, 0) is 20.8 Å². The van der Waals surface area contributed by atoms with Crippen molar-refractivity contribution in [2.45, 2.75) is 18.7 Å². The number of hydrogen-bond donors (Lipinski definition) is 1. The molecule has 3 rings (SSSR count). The number of anilines is 1. The quantitative estimate of drug-likeness (QED) is 0.768. The van der Waals surface area contributed by atoms with Gasteiger partial charge < -0.3 is 4.74 Å². The summed E-state index contributed by atoms with van der Waals surface area (Å²) in [5.41, 5.74) is -2.26. The molecule has 28 heavy (non-hydrogen) atoms. The zero-order chi connectivity index (χ0) is 20.5. The number of sulfone groups is 1. The van der Waals surface area contributed by atoms with Gasteiger partial charge in [-0.3, -0.25) is 10.3 Å².